The molecule has 0 aliphatic rings. The second kappa shape index (κ2) is 70.1. The van der Waals surface area contributed by atoms with E-state index < -0.39 is 6.10 Å². The average molecular weight is 1140 g/mol. The Labute approximate surface area is 509 Å². The van der Waals surface area contributed by atoms with Gasteiger partial charge in [-0.05, 0) is 89.9 Å². The van der Waals surface area contributed by atoms with E-state index in [1.807, 2.05) is 0 Å². The first-order valence-electron chi connectivity index (χ1n) is 35.6. The Bertz CT molecular complexity index is 1550. The molecule has 0 aliphatic carbocycles. The zero-order valence-corrected chi connectivity index (χ0v) is 54.5. The van der Waals surface area contributed by atoms with E-state index in [0.717, 1.165) is 116 Å². The van der Waals surface area contributed by atoms with Gasteiger partial charge in [-0.15, -0.1) is 0 Å². The summed E-state index contributed by atoms with van der Waals surface area (Å²) in [5.41, 5.74) is 0. The molecule has 0 aromatic rings. The highest BCUT2D eigenvalue weighted by atomic mass is 16.6. The molecular formula is C76H134O6. The zero-order chi connectivity index (χ0) is 59.2. The van der Waals surface area contributed by atoms with Crippen molar-refractivity contribution in [2.45, 2.75) is 367 Å². The third kappa shape index (κ3) is 67.4. The third-order valence-corrected chi connectivity index (χ3v) is 15.6. The smallest absolute Gasteiger partial charge is 0.306 e. The Morgan fingerprint density at radius 2 is 0.488 bits per heavy atom. The molecule has 0 aromatic carbocycles. The van der Waals surface area contributed by atoms with Gasteiger partial charge in [-0.3, -0.25) is 14.4 Å². The summed E-state index contributed by atoms with van der Waals surface area (Å²) < 4.78 is 16.9. The van der Waals surface area contributed by atoms with Gasteiger partial charge in [0.2, 0.25) is 0 Å². The predicted molar refractivity (Wildman–Crippen MR) is 358 cm³/mol. The van der Waals surface area contributed by atoms with E-state index >= 15 is 0 Å². The summed E-state index contributed by atoms with van der Waals surface area (Å²) in [5.74, 6) is -0.891. The lowest BCUT2D eigenvalue weighted by Crippen LogP contribution is -2.30. The Morgan fingerprint density at radius 3 is 0.793 bits per heavy atom. The molecule has 1 unspecified atom stereocenters. The number of esters is 3. The summed E-state index contributed by atoms with van der Waals surface area (Å²) in [6.45, 7) is 6.52. The molecule has 82 heavy (non-hydrogen) atoms. The first-order chi connectivity index (χ1) is 40.5. The highest BCUT2D eigenvalue weighted by molar-refractivity contribution is 5.71. The molecule has 0 saturated heterocycles. The van der Waals surface area contributed by atoms with E-state index in [4.69, 9.17) is 14.2 Å². The van der Waals surface area contributed by atoms with Crippen molar-refractivity contribution in [1.29, 1.82) is 0 Å². The number of hydrogen-bond acceptors (Lipinski definition) is 6. The quantitative estimate of drug-likeness (QED) is 0.0261. The molecule has 0 saturated carbocycles. The fourth-order valence-corrected chi connectivity index (χ4v) is 10.3. The maximum Gasteiger partial charge on any atom is 0.306 e. The Kier molecular flexibility index (Phi) is 67.2. The van der Waals surface area contributed by atoms with Gasteiger partial charge in [0.25, 0.3) is 0 Å². The molecule has 6 heteroatoms. The number of carbonyl (C=O) groups is 3. The van der Waals surface area contributed by atoms with Crippen LogP contribution in [-0.2, 0) is 28.6 Å². The van der Waals surface area contributed by atoms with Gasteiger partial charge in [0.15, 0.2) is 6.10 Å². The number of hydrogen-bond donors (Lipinski definition) is 0. The minimum Gasteiger partial charge on any atom is -0.462 e. The lowest BCUT2D eigenvalue weighted by molar-refractivity contribution is -0.167. The van der Waals surface area contributed by atoms with Crippen molar-refractivity contribution in [3.63, 3.8) is 0 Å². The fourth-order valence-electron chi connectivity index (χ4n) is 10.3. The van der Waals surface area contributed by atoms with Gasteiger partial charge < -0.3 is 14.2 Å². The van der Waals surface area contributed by atoms with Gasteiger partial charge in [0.1, 0.15) is 13.2 Å². The molecule has 0 fully saturated rings. The van der Waals surface area contributed by atoms with Crippen LogP contribution >= 0.6 is 0 Å². The van der Waals surface area contributed by atoms with E-state index in [9.17, 15) is 14.4 Å². The van der Waals surface area contributed by atoms with E-state index in [1.54, 1.807) is 0 Å². The van der Waals surface area contributed by atoms with Crippen LogP contribution in [0.1, 0.15) is 361 Å². The number of allylic oxidation sites excluding steroid dienone is 14. The Balaban J connectivity index is 4.22. The van der Waals surface area contributed by atoms with Gasteiger partial charge >= 0.3 is 17.9 Å². The molecule has 474 valence electrons. The van der Waals surface area contributed by atoms with Crippen LogP contribution in [0.3, 0.4) is 0 Å². The van der Waals surface area contributed by atoms with Crippen molar-refractivity contribution in [3.8, 4) is 0 Å². The van der Waals surface area contributed by atoms with Crippen LogP contribution < -0.4 is 0 Å². The van der Waals surface area contributed by atoms with Crippen molar-refractivity contribution in [3.05, 3.63) is 85.1 Å². The molecule has 0 amide bonds. The van der Waals surface area contributed by atoms with E-state index in [-0.39, 0.29) is 31.1 Å². The van der Waals surface area contributed by atoms with Crippen LogP contribution in [0.25, 0.3) is 0 Å². The molecule has 0 spiro atoms. The second-order valence-corrected chi connectivity index (χ2v) is 23.8. The summed E-state index contributed by atoms with van der Waals surface area (Å²) >= 11 is 0. The van der Waals surface area contributed by atoms with Crippen LogP contribution in [0.15, 0.2) is 85.1 Å². The SMILES string of the molecule is CC/C=C\C/C=C\C/C=C\C/C=C\C/C=C\C/C=C\CCCCCCCCC(=O)OC(COC(=O)CCCCCCC/C=C\CCCC)COC(=O)CCCCCCCCCCCCCCCCCCCCCCCCCCCCCC. The van der Waals surface area contributed by atoms with E-state index in [2.05, 4.69) is 106 Å². The van der Waals surface area contributed by atoms with Gasteiger partial charge in [-0.2, -0.15) is 0 Å². The molecule has 0 rings (SSSR count). The highest BCUT2D eigenvalue weighted by Gasteiger charge is 2.19. The second-order valence-electron chi connectivity index (χ2n) is 23.8. The first kappa shape index (κ1) is 78.6. The number of carbonyl (C=O) groups excluding carboxylic acids is 3. The van der Waals surface area contributed by atoms with Crippen LogP contribution in [0.2, 0.25) is 0 Å². The summed E-state index contributed by atoms with van der Waals surface area (Å²) in [7, 11) is 0. The normalized spacial score (nSPS) is 12.6. The van der Waals surface area contributed by atoms with Gasteiger partial charge in [0.05, 0.1) is 0 Å². The molecule has 0 aliphatic heterocycles. The minimum atomic E-state index is -0.788. The van der Waals surface area contributed by atoms with Crippen molar-refractivity contribution < 1.29 is 28.6 Å². The van der Waals surface area contributed by atoms with Crippen LogP contribution in [0.4, 0.5) is 0 Å². The van der Waals surface area contributed by atoms with E-state index in [1.165, 1.54) is 205 Å². The summed E-state index contributed by atoms with van der Waals surface area (Å²) in [6.07, 6.45) is 93.4. The molecule has 0 heterocycles. The molecular weight excluding hydrogens is 1010 g/mol. The first-order valence-corrected chi connectivity index (χ1v) is 35.6. The average Bonchev–Trinajstić information content (AvgIpc) is 3.48. The minimum absolute atomic E-state index is 0.0823. The van der Waals surface area contributed by atoms with Crippen LogP contribution in [-0.4, -0.2) is 37.2 Å². The molecule has 1 atom stereocenters. The Morgan fingerprint density at radius 1 is 0.256 bits per heavy atom. The highest BCUT2D eigenvalue weighted by Crippen LogP contribution is 2.18. The predicted octanol–water partition coefficient (Wildman–Crippen LogP) is 24.6. The molecule has 6 nitrogen and oxygen atoms in total. The third-order valence-electron chi connectivity index (χ3n) is 15.6. The molecule has 0 bridgehead atoms. The van der Waals surface area contributed by atoms with Crippen molar-refractivity contribution in [1.82, 2.24) is 0 Å². The van der Waals surface area contributed by atoms with Gasteiger partial charge in [-0.1, -0.05) is 337 Å². The lowest BCUT2D eigenvalue weighted by Gasteiger charge is -2.18. The van der Waals surface area contributed by atoms with Crippen molar-refractivity contribution in [2.24, 2.45) is 0 Å². The molecule has 0 aromatic heterocycles. The number of unbranched alkanes of at least 4 members (excludes halogenated alkanes) is 40. The van der Waals surface area contributed by atoms with Crippen molar-refractivity contribution >= 4 is 17.9 Å². The zero-order valence-electron chi connectivity index (χ0n) is 54.5. The lowest BCUT2D eigenvalue weighted by atomic mass is 10.0. The molecule has 0 radical (unpaired) electrons. The van der Waals surface area contributed by atoms with Gasteiger partial charge in [0, 0.05) is 19.3 Å². The maximum atomic E-state index is 12.9. The van der Waals surface area contributed by atoms with E-state index in [0.29, 0.717) is 19.3 Å². The van der Waals surface area contributed by atoms with Crippen molar-refractivity contribution in [2.75, 3.05) is 13.2 Å². The summed E-state index contributed by atoms with van der Waals surface area (Å²) in [4.78, 5) is 38.4. The summed E-state index contributed by atoms with van der Waals surface area (Å²) in [6, 6.07) is 0. The number of rotatable bonds is 65. The topological polar surface area (TPSA) is 78.9 Å². The van der Waals surface area contributed by atoms with Gasteiger partial charge in [-0.25, -0.2) is 0 Å². The monoisotopic (exact) mass is 1140 g/mol. The van der Waals surface area contributed by atoms with Crippen LogP contribution in [0, 0.1) is 0 Å². The maximum absolute atomic E-state index is 12.9. The Hall–Kier alpha value is -3.41. The van der Waals surface area contributed by atoms with Crippen LogP contribution in [0.5, 0.6) is 0 Å². The largest absolute Gasteiger partial charge is 0.462 e. The fraction of sp³-hybridized carbons (Fsp3) is 0.776. The standard InChI is InChI=1S/C76H134O6/c1-4-7-10-13-16-19-22-24-26-28-30-32-34-36-37-38-40-41-43-45-47-49-51-54-57-60-63-66-69-75(78)81-72-73(71-80-74(77)68-65-62-59-56-53-21-18-15-12-9-6-3)82-76(79)70-67-64-61-58-55-52-50-48-46-44-42-39-35-33-31-29-27-25-23-20-17-14-11-8-5-2/h8,11,15,17-18,20,25,27,31,33,39,42,46,48,73H,4-7,9-10,12-14,16,19,21-24,26,28-30,32,34-38,40-41,43-45,47,49-72H2,1-3H3/b11-8-,18-15-,20-17-,27-25-,33-31-,42-39-,48-46-. The summed E-state index contributed by atoms with van der Waals surface area (Å²) in [5, 5.41) is 0. The number of ether oxygens (including phenoxy) is 3. The molecule has 0 N–H and O–H groups in total.